The van der Waals surface area contributed by atoms with Gasteiger partial charge in [0.05, 0.1) is 18.9 Å². The summed E-state index contributed by atoms with van der Waals surface area (Å²) in [4.78, 5) is 4.10. The Labute approximate surface area is 72.6 Å². The first-order valence-electron chi connectivity index (χ1n) is 3.27. The molecular formula is C6H6N4OS. The van der Waals surface area contributed by atoms with Crippen molar-refractivity contribution in [3.63, 3.8) is 0 Å². The van der Waals surface area contributed by atoms with Crippen molar-refractivity contribution >= 4 is 11.5 Å². The Balaban J connectivity index is 2.35. The van der Waals surface area contributed by atoms with E-state index in [0.717, 1.165) is 5.56 Å². The third kappa shape index (κ3) is 1.16. The summed E-state index contributed by atoms with van der Waals surface area (Å²) >= 11 is 1.22. The number of ether oxygens (including phenoxy) is 1. The molecule has 0 unspecified atom stereocenters. The monoisotopic (exact) mass is 182 g/mol. The molecule has 2 aromatic rings. The van der Waals surface area contributed by atoms with Crippen LogP contribution in [0.2, 0.25) is 0 Å². The summed E-state index contributed by atoms with van der Waals surface area (Å²) in [7, 11) is 1.57. The summed E-state index contributed by atoms with van der Waals surface area (Å²) in [6.07, 6.45) is 3.41. The molecule has 5 nitrogen and oxygen atoms in total. The molecule has 0 fully saturated rings. The van der Waals surface area contributed by atoms with E-state index in [1.807, 2.05) is 0 Å². The smallest absolute Gasteiger partial charge is 0.293 e. The molecule has 62 valence electrons. The molecule has 2 rings (SSSR count). The molecule has 0 saturated heterocycles. The van der Waals surface area contributed by atoms with Crippen LogP contribution in [0.5, 0.6) is 5.19 Å². The largest absolute Gasteiger partial charge is 0.472 e. The molecule has 0 bridgehead atoms. The fraction of sp³-hybridized carbons (Fsp3) is 0.167. The van der Waals surface area contributed by atoms with Crippen LogP contribution < -0.4 is 4.74 Å². The minimum atomic E-state index is 0.561. The standard InChI is InChI=1S/C6H6N4OS/c1-11-6-9-5(10-12-6)4-2-7-8-3-4/h2-3H,1H3,(H,7,8). The van der Waals surface area contributed by atoms with Crippen molar-refractivity contribution in [2.75, 3.05) is 7.11 Å². The van der Waals surface area contributed by atoms with E-state index in [2.05, 4.69) is 19.6 Å². The highest BCUT2D eigenvalue weighted by Gasteiger charge is 2.06. The van der Waals surface area contributed by atoms with E-state index in [-0.39, 0.29) is 0 Å². The minimum absolute atomic E-state index is 0.561. The van der Waals surface area contributed by atoms with Gasteiger partial charge in [-0.2, -0.15) is 14.5 Å². The molecule has 2 heterocycles. The number of hydrogen-bond donors (Lipinski definition) is 1. The molecule has 0 atom stereocenters. The van der Waals surface area contributed by atoms with Crippen molar-refractivity contribution in [3.8, 4) is 16.6 Å². The Bertz CT molecular complexity index is 355. The molecule has 2 aromatic heterocycles. The second-order valence-electron chi connectivity index (χ2n) is 2.07. The Hall–Kier alpha value is -1.43. The fourth-order valence-corrected chi connectivity index (χ4v) is 1.30. The molecule has 0 aliphatic carbocycles. The maximum atomic E-state index is 4.91. The predicted octanol–water partition coefficient (Wildman–Crippen LogP) is 0.937. The normalized spacial score (nSPS) is 10.1. The topological polar surface area (TPSA) is 63.7 Å². The molecule has 0 aliphatic rings. The van der Waals surface area contributed by atoms with Crippen LogP contribution >= 0.6 is 11.5 Å². The summed E-state index contributed by atoms with van der Waals surface area (Å²) in [6.45, 7) is 0. The number of aromatic amines is 1. The van der Waals surface area contributed by atoms with E-state index < -0.39 is 0 Å². The first kappa shape index (κ1) is 7.23. The summed E-state index contributed by atoms with van der Waals surface area (Å²) < 4.78 is 8.98. The fourth-order valence-electron chi connectivity index (χ4n) is 0.783. The molecule has 6 heteroatoms. The van der Waals surface area contributed by atoms with Gasteiger partial charge in [-0.25, -0.2) is 0 Å². The van der Waals surface area contributed by atoms with Gasteiger partial charge in [-0.1, -0.05) is 0 Å². The van der Waals surface area contributed by atoms with Crippen molar-refractivity contribution in [2.45, 2.75) is 0 Å². The van der Waals surface area contributed by atoms with Gasteiger partial charge in [0.25, 0.3) is 5.19 Å². The lowest BCUT2D eigenvalue weighted by Crippen LogP contribution is -1.80. The Morgan fingerprint density at radius 1 is 1.58 bits per heavy atom. The molecule has 0 radical (unpaired) electrons. The highest BCUT2D eigenvalue weighted by molar-refractivity contribution is 7.07. The molecule has 0 amide bonds. The van der Waals surface area contributed by atoms with Crippen LogP contribution in [0.4, 0.5) is 0 Å². The summed E-state index contributed by atoms with van der Waals surface area (Å²) in [5.74, 6) is 0.644. The minimum Gasteiger partial charge on any atom is -0.472 e. The van der Waals surface area contributed by atoms with Crippen LogP contribution in [0.1, 0.15) is 0 Å². The van der Waals surface area contributed by atoms with Gasteiger partial charge in [-0.15, -0.1) is 0 Å². The molecule has 0 saturated carbocycles. The zero-order chi connectivity index (χ0) is 8.39. The van der Waals surface area contributed by atoms with Gasteiger partial charge in [-0.3, -0.25) is 5.10 Å². The van der Waals surface area contributed by atoms with Gasteiger partial charge in [-0.05, 0) is 0 Å². The number of nitrogens with one attached hydrogen (secondary N) is 1. The van der Waals surface area contributed by atoms with Crippen LogP contribution in [-0.4, -0.2) is 26.7 Å². The van der Waals surface area contributed by atoms with Gasteiger partial charge in [0.15, 0.2) is 5.82 Å². The molecule has 0 aromatic carbocycles. The molecular weight excluding hydrogens is 176 g/mol. The van der Waals surface area contributed by atoms with E-state index in [0.29, 0.717) is 11.0 Å². The first-order valence-corrected chi connectivity index (χ1v) is 4.04. The van der Waals surface area contributed by atoms with Crippen molar-refractivity contribution in [1.29, 1.82) is 0 Å². The second-order valence-corrected chi connectivity index (χ2v) is 2.79. The average Bonchev–Trinajstić information content (AvgIpc) is 2.75. The van der Waals surface area contributed by atoms with Gasteiger partial charge in [0.1, 0.15) is 0 Å². The molecule has 12 heavy (non-hydrogen) atoms. The van der Waals surface area contributed by atoms with E-state index in [4.69, 9.17) is 4.74 Å². The van der Waals surface area contributed by atoms with Crippen LogP contribution in [0.15, 0.2) is 12.4 Å². The van der Waals surface area contributed by atoms with Crippen molar-refractivity contribution in [3.05, 3.63) is 12.4 Å². The zero-order valence-corrected chi connectivity index (χ0v) is 7.13. The number of H-pyrrole nitrogens is 1. The van der Waals surface area contributed by atoms with Crippen LogP contribution in [-0.2, 0) is 0 Å². The molecule has 0 spiro atoms. The summed E-state index contributed by atoms with van der Waals surface area (Å²) in [5.41, 5.74) is 0.870. The zero-order valence-electron chi connectivity index (χ0n) is 6.31. The number of hydrogen-bond acceptors (Lipinski definition) is 5. The first-order chi connectivity index (χ1) is 5.90. The maximum absolute atomic E-state index is 4.91. The van der Waals surface area contributed by atoms with Gasteiger partial charge in [0.2, 0.25) is 0 Å². The average molecular weight is 182 g/mol. The third-order valence-electron chi connectivity index (χ3n) is 1.34. The summed E-state index contributed by atoms with van der Waals surface area (Å²) in [6, 6.07) is 0. The lowest BCUT2D eigenvalue weighted by molar-refractivity contribution is 0.412. The van der Waals surface area contributed by atoms with E-state index in [1.165, 1.54) is 11.5 Å². The molecule has 1 N–H and O–H groups in total. The number of methoxy groups -OCH3 is 1. The van der Waals surface area contributed by atoms with Crippen LogP contribution in [0.25, 0.3) is 11.4 Å². The quantitative estimate of drug-likeness (QED) is 0.750. The number of aromatic nitrogens is 4. The predicted molar refractivity (Wildman–Crippen MR) is 44.0 cm³/mol. The van der Waals surface area contributed by atoms with Gasteiger partial charge < -0.3 is 4.74 Å². The second kappa shape index (κ2) is 2.90. The maximum Gasteiger partial charge on any atom is 0.293 e. The summed E-state index contributed by atoms with van der Waals surface area (Å²) in [5, 5.41) is 7.04. The lowest BCUT2D eigenvalue weighted by atomic mass is 10.3. The highest BCUT2D eigenvalue weighted by Crippen LogP contribution is 2.20. The lowest BCUT2D eigenvalue weighted by Gasteiger charge is -1.85. The number of nitrogens with zero attached hydrogens (tertiary/aromatic N) is 3. The SMILES string of the molecule is COc1nc(-c2cn[nH]c2)ns1. The third-order valence-corrected chi connectivity index (χ3v) is 2.02. The Morgan fingerprint density at radius 2 is 2.50 bits per heavy atom. The van der Waals surface area contributed by atoms with E-state index in [1.54, 1.807) is 19.5 Å². The van der Waals surface area contributed by atoms with Crippen molar-refractivity contribution < 1.29 is 4.74 Å². The Morgan fingerprint density at radius 3 is 3.08 bits per heavy atom. The highest BCUT2D eigenvalue weighted by atomic mass is 32.1. The van der Waals surface area contributed by atoms with Crippen molar-refractivity contribution in [2.24, 2.45) is 0 Å². The molecule has 0 aliphatic heterocycles. The van der Waals surface area contributed by atoms with E-state index >= 15 is 0 Å². The van der Waals surface area contributed by atoms with E-state index in [9.17, 15) is 0 Å². The van der Waals surface area contributed by atoms with Gasteiger partial charge >= 0.3 is 0 Å². The Kier molecular flexibility index (Phi) is 1.75. The van der Waals surface area contributed by atoms with Crippen molar-refractivity contribution in [1.82, 2.24) is 19.6 Å². The number of rotatable bonds is 2. The van der Waals surface area contributed by atoms with Crippen LogP contribution in [0, 0.1) is 0 Å². The van der Waals surface area contributed by atoms with Crippen LogP contribution in [0.3, 0.4) is 0 Å². The van der Waals surface area contributed by atoms with Gasteiger partial charge in [0, 0.05) is 17.7 Å².